The van der Waals surface area contributed by atoms with Gasteiger partial charge in [0.25, 0.3) is 5.91 Å². The second-order valence-corrected chi connectivity index (χ2v) is 7.76. The third-order valence-electron chi connectivity index (χ3n) is 5.92. The Bertz CT molecular complexity index is 706. The van der Waals surface area contributed by atoms with Crippen molar-refractivity contribution in [3.05, 3.63) is 35.9 Å². The van der Waals surface area contributed by atoms with E-state index in [1.54, 1.807) is 0 Å². The number of hydrogen-bond donors (Lipinski definition) is 2. The van der Waals surface area contributed by atoms with E-state index in [9.17, 15) is 14.4 Å². The third kappa shape index (κ3) is 3.84. The first-order chi connectivity index (χ1) is 13.0. The molecule has 1 aromatic rings. The maximum absolute atomic E-state index is 13.0. The van der Waals surface area contributed by atoms with Crippen LogP contribution in [0.25, 0.3) is 0 Å². The lowest BCUT2D eigenvalue weighted by Crippen LogP contribution is -2.54. The van der Waals surface area contributed by atoms with E-state index in [1.165, 1.54) is 0 Å². The highest BCUT2D eigenvalue weighted by Crippen LogP contribution is 2.38. The normalized spacial score (nSPS) is 26.1. The number of imide groups is 1. The van der Waals surface area contributed by atoms with E-state index in [1.807, 2.05) is 37.3 Å². The van der Waals surface area contributed by atoms with Gasteiger partial charge in [0, 0.05) is 0 Å². The Morgan fingerprint density at radius 1 is 1.30 bits per heavy atom. The van der Waals surface area contributed by atoms with Crippen LogP contribution in [0.5, 0.6) is 0 Å². The van der Waals surface area contributed by atoms with Crippen LogP contribution >= 0.6 is 0 Å². The van der Waals surface area contributed by atoms with Crippen molar-refractivity contribution in [1.29, 1.82) is 0 Å². The SMILES string of the molecule is CCC[C@H](NC(=O)CN1C(=O)N[C@@]2(CCCC[C@@H]2C)C1=O)c1ccccc1. The van der Waals surface area contributed by atoms with Gasteiger partial charge >= 0.3 is 6.03 Å². The van der Waals surface area contributed by atoms with E-state index in [2.05, 4.69) is 17.6 Å². The van der Waals surface area contributed by atoms with E-state index < -0.39 is 11.6 Å². The summed E-state index contributed by atoms with van der Waals surface area (Å²) >= 11 is 0. The van der Waals surface area contributed by atoms with E-state index in [0.717, 1.165) is 42.6 Å². The molecule has 2 aliphatic rings. The Morgan fingerprint density at radius 3 is 2.70 bits per heavy atom. The number of carbonyl (C=O) groups excluding carboxylic acids is 3. The van der Waals surface area contributed by atoms with Gasteiger partial charge in [-0.05, 0) is 30.7 Å². The Balaban J connectivity index is 1.68. The van der Waals surface area contributed by atoms with Crippen LogP contribution in [0.1, 0.15) is 64.0 Å². The van der Waals surface area contributed by atoms with Gasteiger partial charge in [-0.15, -0.1) is 0 Å². The van der Waals surface area contributed by atoms with Crippen molar-refractivity contribution in [2.45, 2.75) is 64.0 Å². The molecule has 6 nitrogen and oxygen atoms in total. The number of benzene rings is 1. The largest absolute Gasteiger partial charge is 0.348 e. The molecule has 4 amide bonds. The second kappa shape index (κ2) is 8.11. The number of hydrogen-bond acceptors (Lipinski definition) is 3. The highest BCUT2D eigenvalue weighted by Gasteiger charge is 2.55. The molecule has 1 heterocycles. The fraction of sp³-hybridized carbons (Fsp3) is 0.571. The summed E-state index contributed by atoms with van der Waals surface area (Å²) in [5, 5.41) is 5.88. The summed E-state index contributed by atoms with van der Waals surface area (Å²) in [7, 11) is 0. The third-order valence-corrected chi connectivity index (χ3v) is 5.92. The molecule has 1 saturated heterocycles. The van der Waals surface area contributed by atoms with Gasteiger partial charge in [-0.1, -0.05) is 63.4 Å². The Morgan fingerprint density at radius 2 is 2.04 bits per heavy atom. The molecule has 0 aromatic heterocycles. The molecule has 3 rings (SSSR count). The Labute approximate surface area is 160 Å². The Hall–Kier alpha value is -2.37. The fourth-order valence-electron chi connectivity index (χ4n) is 4.32. The molecule has 6 heteroatoms. The number of urea groups is 1. The van der Waals surface area contributed by atoms with E-state index in [0.29, 0.717) is 6.42 Å². The van der Waals surface area contributed by atoms with Gasteiger partial charge in [0.1, 0.15) is 12.1 Å². The van der Waals surface area contributed by atoms with Gasteiger partial charge < -0.3 is 10.6 Å². The highest BCUT2D eigenvalue weighted by molar-refractivity contribution is 6.09. The van der Waals surface area contributed by atoms with Gasteiger partial charge in [0.05, 0.1) is 6.04 Å². The smallest absolute Gasteiger partial charge is 0.325 e. The molecular formula is C21H29N3O3. The predicted octanol–water partition coefficient (Wildman–Crippen LogP) is 3.14. The molecule has 2 N–H and O–H groups in total. The number of rotatable bonds is 6. The van der Waals surface area contributed by atoms with Crippen molar-refractivity contribution in [2.75, 3.05) is 6.54 Å². The van der Waals surface area contributed by atoms with Crippen LogP contribution in [0.15, 0.2) is 30.3 Å². The number of carbonyl (C=O) groups is 3. The average molecular weight is 371 g/mol. The minimum Gasteiger partial charge on any atom is -0.348 e. The summed E-state index contributed by atoms with van der Waals surface area (Å²) in [6, 6.07) is 9.21. The minimum atomic E-state index is -0.822. The molecule has 0 unspecified atom stereocenters. The lowest BCUT2D eigenvalue weighted by molar-refractivity contribution is -0.137. The molecule has 146 valence electrons. The van der Waals surface area contributed by atoms with E-state index in [-0.39, 0.29) is 30.3 Å². The van der Waals surface area contributed by atoms with Gasteiger partial charge in [-0.3, -0.25) is 14.5 Å². The molecule has 0 bridgehead atoms. The van der Waals surface area contributed by atoms with Crippen LogP contribution in [0, 0.1) is 5.92 Å². The summed E-state index contributed by atoms with van der Waals surface area (Å²) in [4.78, 5) is 39.1. The number of nitrogens with one attached hydrogen (secondary N) is 2. The first-order valence-electron chi connectivity index (χ1n) is 9.96. The van der Waals surface area contributed by atoms with Gasteiger partial charge in [0.15, 0.2) is 0 Å². The zero-order valence-corrected chi connectivity index (χ0v) is 16.2. The quantitative estimate of drug-likeness (QED) is 0.754. The van der Waals surface area contributed by atoms with Gasteiger partial charge in [0.2, 0.25) is 5.91 Å². The lowest BCUT2D eigenvalue weighted by Gasteiger charge is -2.36. The van der Waals surface area contributed by atoms with Crippen LogP contribution in [-0.2, 0) is 9.59 Å². The molecular weight excluding hydrogens is 342 g/mol. The predicted molar refractivity (Wildman–Crippen MR) is 103 cm³/mol. The molecule has 27 heavy (non-hydrogen) atoms. The summed E-state index contributed by atoms with van der Waals surface area (Å²) in [5.41, 5.74) is 0.208. The van der Waals surface area contributed by atoms with Crippen molar-refractivity contribution < 1.29 is 14.4 Å². The van der Waals surface area contributed by atoms with E-state index >= 15 is 0 Å². The van der Waals surface area contributed by atoms with Crippen LogP contribution < -0.4 is 10.6 Å². The van der Waals surface area contributed by atoms with Crippen molar-refractivity contribution in [3.8, 4) is 0 Å². The maximum Gasteiger partial charge on any atom is 0.325 e. The van der Waals surface area contributed by atoms with Crippen molar-refractivity contribution in [3.63, 3.8) is 0 Å². The van der Waals surface area contributed by atoms with Crippen LogP contribution in [-0.4, -0.2) is 34.8 Å². The van der Waals surface area contributed by atoms with E-state index in [4.69, 9.17) is 0 Å². The number of amides is 4. The summed E-state index contributed by atoms with van der Waals surface area (Å²) < 4.78 is 0. The Kier molecular flexibility index (Phi) is 5.82. The fourth-order valence-corrected chi connectivity index (χ4v) is 4.32. The van der Waals surface area contributed by atoms with Gasteiger partial charge in [-0.25, -0.2) is 4.79 Å². The van der Waals surface area contributed by atoms with Crippen LogP contribution in [0.4, 0.5) is 4.79 Å². The summed E-state index contributed by atoms with van der Waals surface area (Å²) in [5.74, 6) is -0.462. The maximum atomic E-state index is 13.0. The molecule has 1 spiro atoms. The van der Waals surface area contributed by atoms with Crippen molar-refractivity contribution >= 4 is 17.8 Å². The molecule has 2 fully saturated rings. The zero-order valence-electron chi connectivity index (χ0n) is 16.2. The highest BCUT2D eigenvalue weighted by atomic mass is 16.2. The van der Waals surface area contributed by atoms with Crippen LogP contribution in [0.3, 0.4) is 0 Å². The molecule has 1 aliphatic carbocycles. The molecule has 3 atom stereocenters. The zero-order chi connectivity index (χ0) is 19.4. The molecule has 0 radical (unpaired) electrons. The monoisotopic (exact) mass is 371 g/mol. The standard InChI is InChI=1S/C21H29N3O3/c1-3-9-17(16-11-5-4-6-12-16)22-18(25)14-24-19(26)21(23-20(24)27)13-8-7-10-15(21)2/h4-6,11-12,15,17H,3,7-10,13-14H2,1-2H3,(H,22,25)(H,23,27)/t15-,17-,21+/m0/s1. The summed E-state index contributed by atoms with van der Waals surface area (Å²) in [6.45, 7) is 3.84. The topological polar surface area (TPSA) is 78.5 Å². The minimum absolute atomic E-state index is 0.0907. The number of nitrogens with zero attached hydrogens (tertiary/aromatic N) is 1. The van der Waals surface area contributed by atoms with Crippen molar-refractivity contribution in [2.24, 2.45) is 5.92 Å². The molecule has 1 aliphatic heterocycles. The average Bonchev–Trinajstić information content (AvgIpc) is 2.89. The first kappa shape index (κ1) is 19.4. The first-order valence-corrected chi connectivity index (χ1v) is 9.96. The second-order valence-electron chi connectivity index (χ2n) is 7.76. The molecule has 1 saturated carbocycles. The molecule has 1 aromatic carbocycles. The van der Waals surface area contributed by atoms with Gasteiger partial charge in [-0.2, -0.15) is 0 Å². The lowest BCUT2D eigenvalue weighted by atomic mass is 9.73. The van der Waals surface area contributed by atoms with Crippen molar-refractivity contribution in [1.82, 2.24) is 15.5 Å². The summed E-state index contributed by atoms with van der Waals surface area (Å²) in [6.07, 6.45) is 5.28. The van der Waals surface area contributed by atoms with Crippen LogP contribution in [0.2, 0.25) is 0 Å².